The quantitative estimate of drug-likeness (QED) is 0.908. The molecule has 1 saturated heterocycles. The van der Waals surface area contributed by atoms with Crippen molar-refractivity contribution in [1.82, 2.24) is 10.3 Å². The minimum Gasteiger partial charge on any atom is -0.494 e. The van der Waals surface area contributed by atoms with Crippen molar-refractivity contribution in [2.24, 2.45) is 11.3 Å². The maximum atomic E-state index is 12.7. The number of methoxy groups -OCH3 is 1. The molecule has 2 heterocycles. The normalized spacial score (nSPS) is 22.3. The summed E-state index contributed by atoms with van der Waals surface area (Å²) in [5.74, 6) is 0.954. The molecular formula is C17H21N3O2S. The monoisotopic (exact) mass is 331 g/mol. The molecule has 6 heteroatoms. The summed E-state index contributed by atoms with van der Waals surface area (Å²) in [6, 6.07) is 3.88. The Morgan fingerprint density at radius 3 is 2.96 bits per heavy atom. The van der Waals surface area contributed by atoms with Gasteiger partial charge in [0.15, 0.2) is 0 Å². The fourth-order valence-electron chi connectivity index (χ4n) is 3.75. The molecule has 0 bridgehead atoms. The Morgan fingerprint density at radius 2 is 2.22 bits per heavy atom. The van der Waals surface area contributed by atoms with Gasteiger partial charge in [0.25, 0.3) is 0 Å². The van der Waals surface area contributed by atoms with E-state index in [0.717, 1.165) is 53.3 Å². The molecule has 1 saturated carbocycles. The van der Waals surface area contributed by atoms with E-state index in [9.17, 15) is 4.79 Å². The zero-order valence-electron chi connectivity index (χ0n) is 13.4. The lowest BCUT2D eigenvalue weighted by Crippen LogP contribution is -2.31. The van der Waals surface area contributed by atoms with Crippen molar-refractivity contribution in [3.63, 3.8) is 0 Å². The summed E-state index contributed by atoms with van der Waals surface area (Å²) in [6.07, 6.45) is 3.23. The Kier molecular flexibility index (Phi) is 3.54. The van der Waals surface area contributed by atoms with Crippen LogP contribution in [0.1, 0.15) is 24.3 Å². The molecule has 23 heavy (non-hydrogen) atoms. The second-order valence-electron chi connectivity index (χ2n) is 6.61. The van der Waals surface area contributed by atoms with Crippen LogP contribution in [0.3, 0.4) is 0 Å². The van der Waals surface area contributed by atoms with Gasteiger partial charge in [0.2, 0.25) is 5.91 Å². The number of aromatic nitrogens is 1. The van der Waals surface area contributed by atoms with E-state index in [2.05, 4.69) is 15.6 Å². The van der Waals surface area contributed by atoms with E-state index in [-0.39, 0.29) is 17.2 Å². The number of benzene rings is 1. The van der Waals surface area contributed by atoms with Crippen LogP contribution in [0.4, 0.5) is 5.69 Å². The van der Waals surface area contributed by atoms with Gasteiger partial charge in [-0.25, -0.2) is 4.98 Å². The summed E-state index contributed by atoms with van der Waals surface area (Å²) in [6.45, 7) is 4.04. The zero-order chi connectivity index (χ0) is 16.0. The van der Waals surface area contributed by atoms with Gasteiger partial charge in [-0.15, -0.1) is 11.3 Å². The molecule has 1 aliphatic carbocycles. The Morgan fingerprint density at radius 1 is 1.43 bits per heavy atom. The Bertz CT molecular complexity index is 765. The van der Waals surface area contributed by atoms with Crippen molar-refractivity contribution < 1.29 is 9.53 Å². The SMILES string of the molecule is COc1cc2nc(C)sc2cc1NC(=O)C1CC12CCNCC2. The molecule has 1 spiro atoms. The Balaban J connectivity index is 1.56. The summed E-state index contributed by atoms with van der Waals surface area (Å²) < 4.78 is 6.52. The topological polar surface area (TPSA) is 63.2 Å². The second-order valence-corrected chi connectivity index (χ2v) is 7.85. The van der Waals surface area contributed by atoms with E-state index in [4.69, 9.17) is 4.74 Å². The van der Waals surface area contributed by atoms with E-state index in [1.807, 2.05) is 19.1 Å². The van der Waals surface area contributed by atoms with Crippen molar-refractivity contribution in [2.75, 3.05) is 25.5 Å². The van der Waals surface area contributed by atoms with Crippen LogP contribution >= 0.6 is 11.3 Å². The van der Waals surface area contributed by atoms with E-state index >= 15 is 0 Å². The molecule has 2 fully saturated rings. The van der Waals surface area contributed by atoms with Crippen molar-refractivity contribution in [2.45, 2.75) is 26.2 Å². The number of nitrogens with one attached hydrogen (secondary N) is 2. The third-order valence-electron chi connectivity index (χ3n) is 5.18. The summed E-state index contributed by atoms with van der Waals surface area (Å²) in [7, 11) is 1.63. The average molecular weight is 331 g/mol. The van der Waals surface area contributed by atoms with Gasteiger partial charge in [-0.1, -0.05) is 0 Å². The highest BCUT2D eigenvalue weighted by Crippen LogP contribution is 2.59. The van der Waals surface area contributed by atoms with E-state index in [1.165, 1.54) is 0 Å². The van der Waals surface area contributed by atoms with Crippen LogP contribution in [-0.2, 0) is 4.79 Å². The largest absolute Gasteiger partial charge is 0.494 e. The molecule has 122 valence electrons. The summed E-state index contributed by atoms with van der Waals surface area (Å²) in [4.78, 5) is 17.1. The predicted octanol–water partition coefficient (Wildman–Crippen LogP) is 2.94. The number of hydrogen-bond donors (Lipinski definition) is 2. The molecule has 2 aromatic rings. The maximum absolute atomic E-state index is 12.7. The first-order valence-corrected chi connectivity index (χ1v) is 8.90. The number of carbonyl (C=O) groups is 1. The number of anilines is 1. The van der Waals surface area contributed by atoms with Crippen LogP contribution in [0.25, 0.3) is 10.2 Å². The van der Waals surface area contributed by atoms with Gasteiger partial charge in [-0.3, -0.25) is 4.79 Å². The third kappa shape index (κ3) is 2.60. The minimum absolute atomic E-state index is 0.130. The highest BCUT2D eigenvalue weighted by atomic mass is 32.1. The smallest absolute Gasteiger partial charge is 0.228 e. The van der Waals surface area contributed by atoms with E-state index in [0.29, 0.717) is 5.75 Å². The first-order valence-electron chi connectivity index (χ1n) is 8.08. The van der Waals surface area contributed by atoms with Crippen molar-refractivity contribution in [3.8, 4) is 5.75 Å². The highest BCUT2D eigenvalue weighted by Gasteiger charge is 2.57. The van der Waals surface area contributed by atoms with E-state index in [1.54, 1.807) is 18.4 Å². The first kappa shape index (κ1) is 14.9. The Labute approximate surface area is 139 Å². The van der Waals surface area contributed by atoms with Crippen LogP contribution in [0.15, 0.2) is 12.1 Å². The van der Waals surface area contributed by atoms with Crippen LogP contribution in [-0.4, -0.2) is 31.1 Å². The molecule has 1 unspecified atom stereocenters. The van der Waals surface area contributed by atoms with Crippen molar-refractivity contribution in [3.05, 3.63) is 17.1 Å². The summed E-state index contributed by atoms with van der Waals surface area (Å²) in [5, 5.41) is 7.48. The molecule has 1 amide bonds. The first-order chi connectivity index (χ1) is 11.1. The third-order valence-corrected chi connectivity index (χ3v) is 6.11. The Hall–Kier alpha value is -1.66. The van der Waals surface area contributed by atoms with Gasteiger partial charge < -0.3 is 15.4 Å². The lowest BCUT2D eigenvalue weighted by atomic mass is 9.92. The molecule has 4 rings (SSSR count). The molecule has 2 N–H and O–H groups in total. The lowest BCUT2D eigenvalue weighted by Gasteiger charge is -2.23. The molecule has 1 atom stereocenters. The highest BCUT2D eigenvalue weighted by molar-refractivity contribution is 7.18. The number of carbonyl (C=O) groups excluding carboxylic acids is 1. The molecule has 1 aromatic heterocycles. The number of ether oxygens (including phenoxy) is 1. The van der Waals surface area contributed by atoms with E-state index < -0.39 is 0 Å². The molecule has 2 aliphatic rings. The molecule has 1 aliphatic heterocycles. The predicted molar refractivity (Wildman–Crippen MR) is 92.2 cm³/mol. The van der Waals surface area contributed by atoms with Gasteiger partial charge in [-0.2, -0.15) is 0 Å². The number of amides is 1. The summed E-state index contributed by atoms with van der Waals surface area (Å²) in [5.41, 5.74) is 1.92. The number of piperidine rings is 1. The fraction of sp³-hybridized carbons (Fsp3) is 0.529. The lowest BCUT2D eigenvalue weighted by molar-refractivity contribution is -0.118. The van der Waals surface area contributed by atoms with Gasteiger partial charge >= 0.3 is 0 Å². The minimum atomic E-state index is 0.130. The molecule has 0 radical (unpaired) electrons. The van der Waals surface area contributed by atoms with Gasteiger partial charge in [0, 0.05) is 12.0 Å². The van der Waals surface area contributed by atoms with Crippen LogP contribution in [0, 0.1) is 18.3 Å². The van der Waals surface area contributed by atoms with Gasteiger partial charge in [-0.05, 0) is 50.8 Å². The fourth-order valence-corrected chi connectivity index (χ4v) is 4.60. The number of aryl methyl sites for hydroxylation is 1. The van der Waals surface area contributed by atoms with Crippen LogP contribution in [0.5, 0.6) is 5.75 Å². The number of fused-ring (bicyclic) bond motifs is 1. The molecule has 5 nitrogen and oxygen atoms in total. The average Bonchev–Trinajstić information content (AvgIpc) is 3.10. The van der Waals surface area contributed by atoms with Crippen LogP contribution < -0.4 is 15.4 Å². The standard InChI is InChI=1S/C17H21N3O2S/c1-10-19-13-7-14(22-2)12(8-15(13)23-10)20-16(21)11-9-17(11)3-5-18-6-4-17/h7-8,11,18H,3-6,9H2,1-2H3,(H,20,21). The van der Waals surface area contributed by atoms with Gasteiger partial charge in [0.05, 0.1) is 28.0 Å². The maximum Gasteiger partial charge on any atom is 0.228 e. The number of rotatable bonds is 3. The molecule has 1 aromatic carbocycles. The van der Waals surface area contributed by atoms with Crippen molar-refractivity contribution in [1.29, 1.82) is 0 Å². The number of nitrogens with zero attached hydrogens (tertiary/aromatic N) is 1. The molecular weight excluding hydrogens is 310 g/mol. The van der Waals surface area contributed by atoms with Crippen LogP contribution in [0.2, 0.25) is 0 Å². The van der Waals surface area contributed by atoms with Gasteiger partial charge in [0.1, 0.15) is 5.75 Å². The number of thiazole rings is 1. The number of hydrogen-bond acceptors (Lipinski definition) is 5. The second kappa shape index (κ2) is 5.46. The zero-order valence-corrected chi connectivity index (χ0v) is 14.3. The summed E-state index contributed by atoms with van der Waals surface area (Å²) >= 11 is 1.63. The van der Waals surface area contributed by atoms with Crippen molar-refractivity contribution >= 4 is 33.1 Å².